The van der Waals surface area contributed by atoms with Crippen LogP contribution in [0.5, 0.6) is 0 Å². The van der Waals surface area contributed by atoms with Gasteiger partial charge in [0.15, 0.2) is 6.54 Å². The zero-order valence-corrected chi connectivity index (χ0v) is 10.1. The molecule has 0 aliphatic carbocycles. The van der Waals surface area contributed by atoms with Crippen LogP contribution in [0.1, 0.15) is 0 Å². The summed E-state index contributed by atoms with van der Waals surface area (Å²) in [4.78, 5) is 11.7. The number of carbonyl (C=O) groups is 1. The van der Waals surface area contributed by atoms with Crippen molar-refractivity contribution in [1.82, 2.24) is 0 Å². The summed E-state index contributed by atoms with van der Waals surface area (Å²) in [6.45, 7) is 0.811. The summed E-state index contributed by atoms with van der Waals surface area (Å²) in [6.07, 6.45) is 0. The summed E-state index contributed by atoms with van der Waals surface area (Å²) in [5.74, 6) is -0.491. The van der Waals surface area contributed by atoms with Crippen molar-refractivity contribution < 1.29 is 18.8 Å². The SMILES string of the molecule is C[N+](C)(CCO)CC(=O)Nc1ccc(F)cc1. The monoisotopic (exact) mass is 241 g/mol. The molecular weight excluding hydrogens is 223 g/mol. The van der Waals surface area contributed by atoms with Gasteiger partial charge >= 0.3 is 0 Å². The number of hydrogen-bond acceptors (Lipinski definition) is 2. The van der Waals surface area contributed by atoms with Crippen LogP contribution in [0.4, 0.5) is 10.1 Å². The Hall–Kier alpha value is -1.46. The largest absolute Gasteiger partial charge is 0.391 e. The number of hydrogen-bond donors (Lipinski definition) is 2. The van der Waals surface area contributed by atoms with Gasteiger partial charge in [-0.3, -0.25) is 4.79 Å². The molecular formula is C12H18FN2O2+. The number of quaternary nitrogens is 1. The van der Waals surface area contributed by atoms with Gasteiger partial charge in [0.1, 0.15) is 12.4 Å². The molecule has 0 atom stereocenters. The third-order valence-corrected chi connectivity index (χ3v) is 2.40. The van der Waals surface area contributed by atoms with Crippen LogP contribution in [0.15, 0.2) is 24.3 Å². The van der Waals surface area contributed by atoms with Crippen molar-refractivity contribution in [3.8, 4) is 0 Å². The van der Waals surface area contributed by atoms with Gasteiger partial charge in [-0.1, -0.05) is 0 Å². The van der Waals surface area contributed by atoms with Crippen molar-refractivity contribution in [2.24, 2.45) is 0 Å². The first-order valence-electron chi connectivity index (χ1n) is 5.41. The van der Waals surface area contributed by atoms with Crippen LogP contribution in [-0.4, -0.2) is 49.3 Å². The van der Waals surface area contributed by atoms with Crippen LogP contribution in [-0.2, 0) is 4.79 Å². The number of nitrogens with one attached hydrogen (secondary N) is 1. The van der Waals surface area contributed by atoms with Crippen LogP contribution in [0.25, 0.3) is 0 Å². The molecule has 0 heterocycles. The first kappa shape index (κ1) is 13.6. The van der Waals surface area contributed by atoms with Crippen LogP contribution in [0.3, 0.4) is 0 Å². The summed E-state index contributed by atoms with van der Waals surface area (Å²) >= 11 is 0. The zero-order valence-electron chi connectivity index (χ0n) is 10.1. The molecule has 0 saturated heterocycles. The molecule has 17 heavy (non-hydrogen) atoms. The average molecular weight is 241 g/mol. The van der Waals surface area contributed by atoms with E-state index in [-0.39, 0.29) is 24.9 Å². The lowest BCUT2D eigenvalue weighted by Crippen LogP contribution is -2.47. The van der Waals surface area contributed by atoms with E-state index in [1.807, 2.05) is 14.1 Å². The molecule has 0 aromatic heterocycles. The number of amides is 1. The van der Waals surface area contributed by atoms with Crippen molar-refractivity contribution in [2.45, 2.75) is 0 Å². The van der Waals surface area contributed by atoms with Crippen molar-refractivity contribution in [2.75, 3.05) is 39.1 Å². The number of anilines is 1. The van der Waals surface area contributed by atoms with Crippen LogP contribution in [0, 0.1) is 5.82 Å². The average Bonchev–Trinajstić information content (AvgIpc) is 2.20. The van der Waals surface area contributed by atoms with Gasteiger partial charge in [-0.2, -0.15) is 0 Å². The number of rotatable bonds is 5. The second kappa shape index (κ2) is 5.75. The van der Waals surface area contributed by atoms with Crippen molar-refractivity contribution in [3.05, 3.63) is 30.1 Å². The summed E-state index contributed by atoms with van der Waals surface area (Å²) in [5.41, 5.74) is 0.570. The van der Waals surface area contributed by atoms with Crippen LogP contribution < -0.4 is 5.32 Å². The number of aliphatic hydroxyl groups excluding tert-OH is 1. The standard InChI is InChI=1S/C12H17FN2O2/c1-15(2,7-8-16)9-12(17)14-11-5-3-10(13)4-6-11/h3-6,16H,7-9H2,1-2H3/p+1. The summed E-state index contributed by atoms with van der Waals surface area (Å²) in [7, 11) is 3.72. The molecule has 0 spiro atoms. The van der Waals surface area contributed by atoms with E-state index >= 15 is 0 Å². The number of carbonyl (C=O) groups excluding carboxylic acids is 1. The molecule has 1 amide bonds. The smallest absolute Gasteiger partial charge is 0.279 e. The van der Waals surface area contributed by atoms with Crippen LogP contribution in [0.2, 0.25) is 0 Å². The fourth-order valence-corrected chi connectivity index (χ4v) is 1.47. The predicted molar refractivity (Wildman–Crippen MR) is 64.0 cm³/mol. The Balaban J connectivity index is 2.52. The van der Waals surface area contributed by atoms with Gasteiger partial charge in [-0.15, -0.1) is 0 Å². The fraction of sp³-hybridized carbons (Fsp3) is 0.417. The van der Waals surface area contributed by atoms with E-state index in [1.54, 1.807) is 0 Å². The molecule has 0 bridgehead atoms. The topological polar surface area (TPSA) is 49.3 Å². The Morgan fingerprint density at radius 3 is 2.47 bits per heavy atom. The molecule has 1 aromatic rings. The Morgan fingerprint density at radius 2 is 1.94 bits per heavy atom. The van der Waals surface area contributed by atoms with Gasteiger partial charge in [0.25, 0.3) is 5.91 Å². The van der Waals surface area contributed by atoms with Gasteiger partial charge < -0.3 is 14.9 Å². The van der Waals surface area contributed by atoms with E-state index in [1.165, 1.54) is 24.3 Å². The lowest BCUT2D eigenvalue weighted by molar-refractivity contribution is -0.882. The first-order chi connectivity index (χ1) is 7.93. The lowest BCUT2D eigenvalue weighted by Gasteiger charge is -2.27. The third kappa shape index (κ3) is 4.93. The van der Waals surface area contributed by atoms with E-state index in [2.05, 4.69) is 5.32 Å². The molecule has 0 aliphatic heterocycles. The number of likely N-dealkylation sites (N-methyl/N-ethyl adjacent to an activating group) is 1. The molecule has 0 saturated carbocycles. The molecule has 0 aliphatic rings. The van der Waals surface area contributed by atoms with Crippen molar-refractivity contribution in [1.29, 1.82) is 0 Å². The maximum absolute atomic E-state index is 12.7. The number of nitrogens with zero attached hydrogens (tertiary/aromatic N) is 1. The Morgan fingerprint density at radius 1 is 1.35 bits per heavy atom. The van der Waals surface area contributed by atoms with Crippen LogP contribution >= 0.6 is 0 Å². The third-order valence-electron chi connectivity index (χ3n) is 2.40. The van der Waals surface area contributed by atoms with Crippen molar-refractivity contribution >= 4 is 11.6 Å². The summed E-state index contributed by atoms with van der Waals surface area (Å²) in [6, 6.07) is 5.62. The maximum Gasteiger partial charge on any atom is 0.279 e. The number of benzene rings is 1. The quantitative estimate of drug-likeness (QED) is 0.750. The normalized spacial score (nSPS) is 11.3. The highest BCUT2D eigenvalue weighted by Crippen LogP contribution is 2.08. The summed E-state index contributed by atoms with van der Waals surface area (Å²) in [5, 5.41) is 11.5. The van der Waals surface area contributed by atoms with E-state index in [9.17, 15) is 9.18 Å². The second-order valence-electron chi connectivity index (χ2n) is 4.60. The van der Waals surface area contributed by atoms with Gasteiger partial charge in [0.05, 0.1) is 20.7 Å². The van der Waals surface area contributed by atoms with Gasteiger partial charge in [0.2, 0.25) is 0 Å². The molecule has 5 heteroatoms. The summed E-state index contributed by atoms with van der Waals surface area (Å²) < 4.78 is 13.1. The van der Waals surface area contributed by atoms with E-state index in [0.717, 1.165) is 0 Å². The zero-order chi connectivity index (χ0) is 12.9. The Kier molecular flexibility index (Phi) is 4.60. The Bertz CT molecular complexity index is 377. The maximum atomic E-state index is 12.7. The van der Waals surface area contributed by atoms with Crippen molar-refractivity contribution in [3.63, 3.8) is 0 Å². The lowest BCUT2D eigenvalue weighted by atomic mass is 10.3. The first-order valence-corrected chi connectivity index (χ1v) is 5.41. The molecule has 94 valence electrons. The van der Waals surface area contributed by atoms with E-state index in [0.29, 0.717) is 16.7 Å². The molecule has 0 fully saturated rings. The fourth-order valence-electron chi connectivity index (χ4n) is 1.47. The van der Waals surface area contributed by atoms with E-state index < -0.39 is 0 Å². The Labute approximate surface area is 100 Å². The van der Waals surface area contributed by atoms with Gasteiger partial charge in [0, 0.05) is 5.69 Å². The highest BCUT2D eigenvalue weighted by atomic mass is 19.1. The minimum absolute atomic E-state index is 0.0385. The minimum Gasteiger partial charge on any atom is -0.391 e. The molecule has 0 unspecified atom stereocenters. The molecule has 4 nitrogen and oxygen atoms in total. The number of aliphatic hydroxyl groups is 1. The van der Waals surface area contributed by atoms with Gasteiger partial charge in [-0.25, -0.2) is 4.39 Å². The highest BCUT2D eigenvalue weighted by Gasteiger charge is 2.19. The second-order valence-corrected chi connectivity index (χ2v) is 4.60. The van der Waals surface area contributed by atoms with Gasteiger partial charge in [-0.05, 0) is 24.3 Å². The molecule has 2 N–H and O–H groups in total. The molecule has 1 aromatic carbocycles. The minimum atomic E-state index is -0.334. The molecule has 1 rings (SSSR count). The number of halogens is 1. The predicted octanol–water partition coefficient (Wildman–Crippen LogP) is 0.833. The molecule has 0 radical (unpaired) electrons. The van der Waals surface area contributed by atoms with E-state index in [4.69, 9.17) is 5.11 Å². The highest BCUT2D eigenvalue weighted by molar-refractivity contribution is 5.91.